The van der Waals surface area contributed by atoms with E-state index in [2.05, 4.69) is 16.3 Å². The smallest absolute Gasteiger partial charge is 0.122 e. The van der Waals surface area contributed by atoms with Crippen molar-refractivity contribution in [3.63, 3.8) is 0 Å². The second-order valence-corrected chi connectivity index (χ2v) is 6.35. The molecule has 1 aromatic rings. The number of ether oxygens (including phenoxy) is 1. The first-order valence-corrected chi connectivity index (χ1v) is 8.42. The van der Waals surface area contributed by atoms with E-state index in [9.17, 15) is 0 Å². The van der Waals surface area contributed by atoms with Crippen LogP contribution in [0.25, 0.3) is 0 Å². The standard InChI is InChI=1S/C17H28N2O2/c1-20-16-8-3-2-7-14(16)18-13-15(17-9-6-12-21-17)19-10-4-5-11-19/h6,9,12,14-16,18H,2-5,7-8,10-11,13H2,1H3. The zero-order chi connectivity index (χ0) is 14.5. The van der Waals surface area contributed by atoms with Gasteiger partial charge in [-0.05, 0) is 50.9 Å². The number of methoxy groups -OCH3 is 1. The quantitative estimate of drug-likeness (QED) is 0.875. The molecule has 0 bridgehead atoms. The molecule has 1 aliphatic carbocycles. The molecular formula is C17H28N2O2. The van der Waals surface area contributed by atoms with Gasteiger partial charge in [0.05, 0.1) is 18.4 Å². The average molecular weight is 292 g/mol. The van der Waals surface area contributed by atoms with Gasteiger partial charge >= 0.3 is 0 Å². The molecule has 1 saturated heterocycles. The second kappa shape index (κ2) is 7.43. The molecule has 2 aliphatic rings. The average Bonchev–Trinajstić information content (AvgIpc) is 3.22. The number of nitrogens with one attached hydrogen (secondary N) is 1. The second-order valence-electron chi connectivity index (χ2n) is 6.35. The molecular weight excluding hydrogens is 264 g/mol. The van der Waals surface area contributed by atoms with E-state index in [0.717, 1.165) is 12.3 Å². The van der Waals surface area contributed by atoms with Gasteiger partial charge in [0.1, 0.15) is 5.76 Å². The van der Waals surface area contributed by atoms with Crippen LogP contribution in [0.1, 0.15) is 50.3 Å². The van der Waals surface area contributed by atoms with E-state index < -0.39 is 0 Å². The Hall–Kier alpha value is -0.840. The molecule has 1 N–H and O–H groups in total. The highest BCUT2D eigenvalue weighted by Gasteiger charge is 2.29. The third kappa shape index (κ3) is 3.68. The van der Waals surface area contributed by atoms with Crippen LogP contribution in [0.4, 0.5) is 0 Å². The lowest BCUT2D eigenvalue weighted by Gasteiger charge is -2.34. The Bertz CT molecular complexity index is 401. The molecule has 118 valence electrons. The fourth-order valence-corrected chi connectivity index (χ4v) is 3.82. The minimum Gasteiger partial charge on any atom is -0.468 e. The molecule has 1 saturated carbocycles. The summed E-state index contributed by atoms with van der Waals surface area (Å²) in [6.45, 7) is 3.33. The third-order valence-electron chi connectivity index (χ3n) is 5.03. The minimum absolute atomic E-state index is 0.363. The van der Waals surface area contributed by atoms with Crippen LogP contribution in [0, 0.1) is 0 Å². The molecule has 4 heteroatoms. The van der Waals surface area contributed by atoms with E-state index in [-0.39, 0.29) is 0 Å². The zero-order valence-electron chi connectivity index (χ0n) is 13.1. The number of likely N-dealkylation sites (tertiary alicyclic amines) is 1. The van der Waals surface area contributed by atoms with Crippen molar-refractivity contribution in [1.82, 2.24) is 10.2 Å². The summed E-state index contributed by atoms with van der Waals surface area (Å²) in [6.07, 6.45) is 9.79. The summed E-state index contributed by atoms with van der Waals surface area (Å²) in [5.74, 6) is 1.09. The number of rotatable bonds is 6. The van der Waals surface area contributed by atoms with Gasteiger partial charge in [-0.3, -0.25) is 4.90 Å². The molecule has 3 rings (SSSR count). The van der Waals surface area contributed by atoms with Crippen LogP contribution < -0.4 is 5.32 Å². The van der Waals surface area contributed by atoms with Crippen LogP contribution in [0.3, 0.4) is 0 Å². The summed E-state index contributed by atoms with van der Waals surface area (Å²) in [7, 11) is 1.84. The molecule has 2 heterocycles. The molecule has 2 fully saturated rings. The van der Waals surface area contributed by atoms with E-state index in [4.69, 9.17) is 9.15 Å². The third-order valence-corrected chi connectivity index (χ3v) is 5.03. The molecule has 1 aliphatic heterocycles. The van der Waals surface area contributed by atoms with Gasteiger partial charge in [-0.25, -0.2) is 0 Å². The Balaban J connectivity index is 1.61. The van der Waals surface area contributed by atoms with Crippen LogP contribution in [0.5, 0.6) is 0 Å². The van der Waals surface area contributed by atoms with Crippen molar-refractivity contribution in [2.24, 2.45) is 0 Å². The molecule has 4 nitrogen and oxygen atoms in total. The maximum Gasteiger partial charge on any atom is 0.122 e. The van der Waals surface area contributed by atoms with E-state index in [1.807, 2.05) is 13.2 Å². The lowest BCUT2D eigenvalue weighted by Crippen LogP contribution is -2.46. The lowest BCUT2D eigenvalue weighted by molar-refractivity contribution is 0.0385. The first-order chi connectivity index (χ1) is 10.4. The van der Waals surface area contributed by atoms with Crippen molar-refractivity contribution in [3.8, 4) is 0 Å². The van der Waals surface area contributed by atoms with E-state index >= 15 is 0 Å². The monoisotopic (exact) mass is 292 g/mol. The minimum atomic E-state index is 0.363. The van der Waals surface area contributed by atoms with Crippen molar-refractivity contribution in [2.45, 2.75) is 56.7 Å². The van der Waals surface area contributed by atoms with Gasteiger partial charge in [0.15, 0.2) is 0 Å². The van der Waals surface area contributed by atoms with Crippen molar-refractivity contribution in [3.05, 3.63) is 24.2 Å². The predicted molar refractivity (Wildman–Crippen MR) is 83.3 cm³/mol. The molecule has 3 unspecified atom stereocenters. The molecule has 0 spiro atoms. The molecule has 1 aromatic heterocycles. The van der Waals surface area contributed by atoms with Crippen molar-refractivity contribution < 1.29 is 9.15 Å². The van der Waals surface area contributed by atoms with Gasteiger partial charge in [0, 0.05) is 19.7 Å². The Morgan fingerprint density at radius 3 is 2.81 bits per heavy atom. The predicted octanol–water partition coefficient (Wildman–Crippen LogP) is 2.96. The molecule has 3 atom stereocenters. The highest BCUT2D eigenvalue weighted by molar-refractivity contribution is 5.06. The van der Waals surface area contributed by atoms with Crippen LogP contribution in [0.15, 0.2) is 22.8 Å². The van der Waals surface area contributed by atoms with Crippen LogP contribution >= 0.6 is 0 Å². The van der Waals surface area contributed by atoms with Gasteiger partial charge in [0.2, 0.25) is 0 Å². The van der Waals surface area contributed by atoms with Crippen molar-refractivity contribution >= 4 is 0 Å². The SMILES string of the molecule is COC1CCCCC1NCC(c1ccco1)N1CCCC1. The fraction of sp³-hybridized carbons (Fsp3) is 0.765. The summed E-state index contributed by atoms with van der Waals surface area (Å²) in [5.41, 5.74) is 0. The van der Waals surface area contributed by atoms with Crippen LogP contribution in [-0.2, 0) is 4.74 Å². The zero-order valence-corrected chi connectivity index (χ0v) is 13.1. The number of hydrogen-bond donors (Lipinski definition) is 1. The van der Waals surface area contributed by atoms with Gasteiger partial charge in [0.25, 0.3) is 0 Å². The van der Waals surface area contributed by atoms with Crippen molar-refractivity contribution in [1.29, 1.82) is 0 Å². The van der Waals surface area contributed by atoms with Gasteiger partial charge in [-0.1, -0.05) is 12.8 Å². The molecule has 21 heavy (non-hydrogen) atoms. The Labute approximate surface area is 127 Å². The molecule has 0 radical (unpaired) electrons. The Morgan fingerprint density at radius 1 is 1.29 bits per heavy atom. The lowest BCUT2D eigenvalue weighted by atomic mass is 9.92. The summed E-state index contributed by atoms with van der Waals surface area (Å²) in [5, 5.41) is 3.76. The van der Waals surface area contributed by atoms with Gasteiger partial charge in [-0.15, -0.1) is 0 Å². The normalized spacial score (nSPS) is 28.8. The Morgan fingerprint density at radius 2 is 2.10 bits per heavy atom. The molecule has 0 amide bonds. The summed E-state index contributed by atoms with van der Waals surface area (Å²) in [6, 6.07) is 4.96. The number of furan rings is 1. The summed E-state index contributed by atoms with van der Waals surface area (Å²) >= 11 is 0. The first-order valence-electron chi connectivity index (χ1n) is 8.42. The maximum atomic E-state index is 5.69. The highest BCUT2D eigenvalue weighted by atomic mass is 16.5. The van der Waals surface area contributed by atoms with Crippen molar-refractivity contribution in [2.75, 3.05) is 26.7 Å². The molecule has 0 aromatic carbocycles. The van der Waals surface area contributed by atoms with E-state index in [1.165, 1.54) is 51.6 Å². The fourth-order valence-electron chi connectivity index (χ4n) is 3.82. The van der Waals surface area contributed by atoms with Gasteiger partial charge < -0.3 is 14.5 Å². The van der Waals surface area contributed by atoms with Crippen LogP contribution in [-0.4, -0.2) is 43.8 Å². The highest BCUT2D eigenvalue weighted by Crippen LogP contribution is 2.26. The summed E-state index contributed by atoms with van der Waals surface area (Å²) in [4.78, 5) is 2.55. The van der Waals surface area contributed by atoms with E-state index in [1.54, 1.807) is 6.26 Å². The number of nitrogens with zero attached hydrogens (tertiary/aromatic N) is 1. The van der Waals surface area contributed by atoms with Crippen LogP contribution in [0.2, 0.25) is 0 Å². The topological polar surface area (TPSA) is 37.6 Å². The van der Waals surface area contributed by atoms with E-state index in [0.29, 0.717) is 18.2 Å². The summed E-state index contributed by atoms with van der Waals surface area (Å²) < 4.78 is 11.3. The largest absolute Gasteiger partial charge is 0.468 e. The number of hydrogen-bond acceptors (Lipinski definition) is 4. The maximum absolute atomic E-state index is 5.69. The van der Waals surface area contributed by atoms with Gasteiger partial charge in [-0.2, -0.15) is 0 Å². The first kappa shape index (κ1) is 15.1. The Kier molecular flexibility index (Phi) is 5.33.